The van der Waals surface area contributed by atoms with Crippen LogP contribution in [-0.4, -0.2) is 19.7 Å². The number of alkyl halides is 3. The van der Waals surface area contributed by atoms with E-state index in [1.807, 2.05) is 0 Å². The first-order chi connectivity index (χ1) is 9.24. The van der Waals surface area contributed by atoms with E-state index in [0.29, 0.717) is 11.5 Å². The van der Waals surface area contributed by atoms with Gasteiger partial charge in [0, 0.05) is 11.8 Å². The zero-order valence-corrected chi connectivity index (χ0v) is 11.1. The maximum atomic E-state index is 12.8. The Labute approximate surface area is 116 Å². The minimum Gasteiger partial charge on any atom is -0.238 e. The normalized spacial score (nSPS) is 11.4. The molecule has 0 saturated carbocycles. The standard InChI is InChI=1S/C11H7ClF3N5/c1-5-3-8(18-6(2)17-5)20-10(12)7(4-16)9(19-20)11(13,14)15/h3H,1-2H3. The Morgan fingerprint density at radius 2 is 1.95 bits per heavy atom. The summed E-state index contributed by atoms with van der Waals surface area (Å²) in [6.07, 6.45) is -4.77. The van der Waals surface area contributed by atoms with Crippen molar-refractivity contribution in [3.05, 3.63) is 34.0 Å². The molecule has 0 fully saturated rings. The highest BCUT2D eigenvalue weighted by Gasteiger charge is 2.39. The van der Waals surface area contributed by atoms with E-state index in [9.17, 15) is 13.2 Å². The van der Waals surface area contributed by atoms with E-state index >= 15 is 0 Å². The molecule has 0 radical (unpaired) electrons. The van der Waals surface area contributed by atoms with Gasteiger partial charge in [-0.3, -0.25) is 0 Å². The molecular weight excluding hydrogens is 295 g/mol. The summed E-state index contributed by atoms with van der Waals surface area (Å²) in [6, 6.07) is 2.83. The molecule has 0 aliphatic rings. The largest absolute Gasteiger partial charge is 0.436 e. The van der Waals surface area contributed by atoms with Crippen LogP contribution >= 0.6 is 11.6 Å². The molecule has 0 spiro atoms. The van der Waals surface area contributed by atoms with Crippen LogP contribution < -0.4 is 0 Å². The van der Waals surface area contributed by atoms with Gasteiger partial charge in [-0.1, -0.05) is 11.6 Å². The number of halogens is 4. The molecule has 20 heavy (non-hydrogen) atoms. The van der Waals surface area contributed by atoms with E-state index in [1.54, 1.807) is 13.8 Å². The number of hydrogen-bond donors (Lipinski definition) is 0. The zero-order chi connectivity index (χ0) is 15.1. The van der Waals surface area contributed by atoms with E-state index in [0.717, 1.165) is 4.68 Å². The molecule has 0 amide bonds. The third-order valence-electron chi connectivity index (χ3n) is 2.38. The molecule has 0 aliphatic carbocycles. The lowest BCUT2D eigenvalue weighted by Gasteiger charge is -2.04. The molecule has 0 unspecified atom stereocenters. The SMILES string of the molecule is Cc1cc(-n2nc(C(F)(F)F)c(C#N)c2Cl)nc(C)n1. The van der Waals surface area contributed by atoms with Crippen molar-refractivity contribution in [1.82, 2.24) is 19.7 Å². The van der Waals surface area contributed by atoms with Crippen LogP contribution in [0.4, 0.5) is 13.2 Å². The molecule has 2 rings (SSSR count). The van der Waals surface area contributed by atoms with Gasteiger partial charge >= 0.3 is 6.18 Å². The Hall–Kier alpha value is -2.14. The fourth-order valence-corrected chi connectivity index (χ4v) is 1.91. The van der Waals surface area contributed by atoms with Crippen LogP contribution in [0, 0.1) is 25.2 Å². The summed E-state index contributed by atoms with van der Waals surface area (Å²) in [7, 11) is 0. The first-order valence-electron chi connectivity index (χ1n) is 5.32. The van der Waals surface area contributed by atoms with Gasteiger partial charge in [0.25, 0.3) is 0 Å². The molecule has 5 nitrogen and oxygen atoms in total. The van der Waals surface area contributed by atoms with Crippen LogP contribution in [0.25, 0.3) is 5.82 Å². The fraction of sp³-hybridized carbons (Fsp3) is 0.273. The van der Waals surface area contributed by atoms with Crippen molar-refractivity contribution in [2.75, 3.05) is 0 Å². The third kappa shape index (κ3) is 2.44. The number of nitrogens with zero attached hydrogens (tertiary/aromatic N) is 5. The maximum Gasteiger partial charge on any atom is 0.436 e. The summed E-state index contributed by atoms with van der Waals surface area (Å²) in [6.45, 7) is 3.25. The number of rotatable bonds is 1. The van der Waals surface area contributed by atoms with Crippen molar-refractivity contribution in [1.29, 1.82) is 5.26 Å². The Kier molecular flexibility index (Phi) is 3.39. The summed E-state index contributed by atoms with van der Waals surface area (Å²) in [4.78, 5) is 7.97. The van der Waals surface area contributed by atoms with E-state index in [2.05, 4.69) is 15.1 Å². The zero-order valence-electron chi connectivity index (χ0n) is 10.3. The van der Waals surface area contributed by atoms with Gasteiger partial charge in [-0.15, -0.1) is 0 Å². The molecular formula is C11H7ClF3N5. The van der Waals surface area contributed by atoms with Crippen molar-refractivity contribution in [2.24, 2.45) is 0 Å². The van der Waals surface area contributed by atoms with E-state index in [-0.39, 0.29) is 5.82 Å². The van der Waals surface area contributed by atoms with Gasteiger partial charge in [-0.25, -0.2) is 14.6 Å². The van der Waals surface area contributed by atoms with Crippen molar-refractivity contribution < 1.29 is 13.2 Å². The van der Waals surface area contributed by atoms with Gasteiger partial charge in [-0.05, 0) is 13.8 Å². The Balaban J connectivity index is 2.71. The highest BCUT2D eigenvalue weighted by Crippen LogP contribution is 2.34. The lowest BCUT2D eigenvalue weighted by atomic mass is 10.2. The lowest BCUT2D eigenvalue weighted by molar-refractivity contribution is -0.141. The number of aromatic nitrogens is 4. The second-order valence-electron chi connectivity index (χ2n) is 3.95. The molecule has 0 aliphatic heterocycles. The lowest BCUT2D eigenvalue weighted by Crippen LogP contribution is -2.09. The van der Waals surface area contributed by atoms with Crippen molar-refractivity contribution in [3.63, 3.8) is 0 Å². The van der Waals surface area contributed by atoms with Gasteiger partial charge in [0.1, 0.15) is 17.5 Å². The fourth-order valence-electron chi connectivity index (χ4n) is 1.65. The second-order valence-corrected chi connectivity index (χ2v) is 4.31. The average molecular weight is 302 g/mol. The summed E-state index contributed by atoms with van der Waals surface area (Å²) in [5.41, 5.74) is -1.52. The monoisotopic (exact) mass is 301 g/mol. The average Bonchev–Trinajstić information content (AvgIpc) is 2.64. The molecule has 104 valence electrons. The summed E-state index contributed by atoms with van der Waals surface area (Å²) in [5.74, 6) is 0.436. The van der Waals surface area contributed by atoms with Gasteiger partial charge in [-0.2, -0.15) is 23.5 Å². The van der Waals surface area contributed by atoms with Gasteiger partial charge < -0.3 is 0 Å². The summed E-state index contributed by atoms with van der Waals surface area (Å²) in [5, 5.41) is 11.7. The van der Waals surface area contributed by atoms with Crippen LogP contribution in [0.15, 0.2) is 6.07 Å². The summed E-state index contributed by atoms with van der Waals surface area (Å²) >= 11 is 5.79. The summed E-state index contributed by atoms with van der Waals surface area (Å²) < 4.78 is 39.1. The quantitative estimate of drug-likeness (QED) is 0.812. The van der Waals surface area contributed by atoms with E-state index in [4.69, 9.17) is 16.9 Å². The van der Waals surface area contributed by atoms with Gasteiger partial charge in [0.2, 0.25) is 0 Å². The van der Waals surface area contributed by atoms with Crippen LogP contribution in [0.5, 0.6) is 0 Å². The maximum absolute atomic E-state index is 12.8. The Morgan fingerprint density at radius 1 is 1.30 bits per heavy atom. The topological polar surface area (TPSA) is 67.4 Å². The van der Waals surface area contributed by atoms with E-state index in [1.165, 1.54) is 12.1 Å². The minimum absolute atomic E-state index is 0.0759. The molecule has 2 heterocycles. The molecule has 9 heteroatoms. The highest BCUT2D eigenvalue weighted by atomic mass is 35.5. The highest BCUT2D eigenvalue weighted by molar-refractivity contribution is 6.31. The first-order valence-corrected chi connectivity index (χ1v) is 5.70. The first kappa shape index (κ1) is 14.3. The molecule has 2 aromatic rings. The van der Waals surface area contributed by atoms with Crippen LogP contribution in [0.1, 0.15) is 22.8 Å². The molecule has 0 saturated heterocycles. The minimum atomic E-state index is -4.77. The van der Waals surface area contributed by atoms with Crippen molar-refractivity contribution >= 4 is 11.6 Å². The number of hydrogen-bond acceptors (Lipinski definition) is 4. The van der Waals surface area contributed by atoms with Crippen molar-refractivity contribution in [2.45, 2.75) is 20.0 Å². The van der Waals surface area contributed by atoms with Crippen LogP contribution in [-0.2, 0) is 6.18 Å². The molecule has 0 aromatic carbocycles. The van der Waals surface area contributed by atoms with Crippen LogP contribution in [0.3, 0.4) is 0 Å². The van der Waals surface area contributed by atoms with Crippen molar-refractivity contribution in [3.8, 4) is 11.9 Å². The smallest absolute Gasteiger partial charge is 0.238 e. The number of nitriles is 1. The molecule has 0 bridgehead atoms. The van der Waals surface area contributed by atoms with Gasteiger partial charge in [0.15, 0.2) is 16.7 Å². The molecule has 0 atom stereocenters. The predicted octanol–water partition coefficient (Wildman–Crippen LogP) is 2.82. The van der Waals surface area contributed by atoms with E-state index < -0.39 is 22.6 Å². The third-order valence-corrected chi connectivity index (χ3v) is 2.73. The second kappa shape index (κ2) is 4.76. The molecule has 0 N–H and O–H groups in total. The van der Waals surface area contributed by atoms with Gasteiger partial charge in [0.05, 0.1) is 0 Å². The molecule has 2 aromatic heterocycles. The Morgan fingerprint density at radius 3 is 2.40 bits per heavy atom. The van der Waals surface area contributed by atoms with Crippen LogP contribution in [0.2, 0.25) is 5.15 Å². The predicted molar refractivity (Wildman–Crippen MR) is 63.4 cm³/mol. The number of aryl methyl sites for hydroxylation is 2. The Bertz CT molecular complexity index is 694.